The van der Waals surface area contributed by atoms with Gasteiger partial charge in [0.15, 0.2) is 0 Å². The second-order valence-electron chi connectivity index (χ2n) is 4.74. The van der Waals surface area contributed by atoms with Gasteiger partial charge in [0.05, 0.1) is 6.61 Å². The third-order valence-corrected chi connectivity index (χ3v) is 2.83. The van der Waals surface area contributed by atoms with Crippen LogP contribution in [0.2, 0.25) is 0 Å². The van der Waals surface area contributed by atoms with Gasteiger partial charge in [-0.2, -0.15) is 0 Å². The van der Waals surface area contributed by atoms with E-state index >= 15 is 0 Å². The van der Waals surface area contributed by atoms with E-state index in [9.17, 15) is 4.79 Å². The predicted octanol–water partition coefficient (Wildman–Crippen LogP) is 4.79. The van der Waals surface area contributed by atoms with Crippen LogP contribution in [0.3, 0.4) is 0 Å². The van der Waals surface area contributed by atoms with E-state index < -0.39 is 0 Å². The summed E-state index contributed by atoms with van der Waals surface area (Å²) >= 11 is 0. The summed E-state index contributed by atoms with van der Waals surface area (Å²) in [6.07, 6.45) is 11.5. The summed E-state index contributed by atoms with van der Waals surface area (Å²) in [4.78, 5) is 11.1. The Bertz CT molecular complexity index is 215. The van der Waals surface area contributed by atoms with Crippen LogP contribution in [-0.2, 0) is 9.53 Å². The van der Waals surface area contributed by atoms with Crippen LogP contribution in [0, 0.1) is 0 Å². The second kappa shape index (κ2) is 14.2. The van der Waals surface area contributed by atoms with Gasteiger partial charge in [0, 0.05) is 5.57 Å². The van der Waals surface area contributed by atoms with Gasteiger partial charge in [0.1, 0.15) is 0 Å². The minimum absolute atomic E-state index is 0. The number of hydrogen-bond acceptors (Lipinski definition) is 2. The number of carbonyl (C=O) groups is 1. The molecule has 0 aromatic rings. The molecule has 0 bridgehead atoms. The third-order valence-electron chi connectivity index (χ3n) is 2.83. The van der Waals surface area contributed by atoms with Crippen molar-refractivity contribution in [2.45, 2.75) is 71.6 Å². The standard InChI is InChI=1S/C15H28O2.FH/c1-4-5-6-7-8-9-10-11-12-13-17-15(16)14(2)3;/h2,4-13H2,1,3H3;1H. The Balaban J connectivity index is 0. The molecule has 0 saturated heterocycles. The second-order valence-corrected chi connectivity index (χ2v) is 4.74. The van der Waals surface area contributed by atoms with Gasteiger partial charge < -0.3 is 4.74 Å². The summed E-state index contributed by atoms with van der Waals surface area (Å²) in [5.41, 5.74) is 0.487. The highest BCUT2D eigenvalue weighted by atomic mass is 19.0. The first-order valence-electron chi connectivity index (χ1n) is 7.01. The minimum atomic E-state index is -0.260. The SMILES string of the molecule is C=C(C)C(=O)OCCCCCCCCCCC.F. The molecule has 0 heterocycles. The van der Waals surface area contributed by atoms with Gasteiger partial charge in [-0.25, -0.2) is 4.79 Å². The van der Waals surface area contributed by atoms with E-state index in [1.807, 2.05) is 0 Å². The fourth-order valence-electron chi connectivity index (χ4n) is 1.70. The Hall–Kier alpha value is -0.860. The topological polar surface area (TPSA) is 26.3 Å². The number of ether oxygens (including phenoxy) is 1. The Labute approximate surface area is 111 Å². The highest BCUT2D eigenvalue weighted by molar-refractivity contribution is 5.86. The summed E-state index contributed by atoms with van der Waals surface area (Å²) in [6.45, 7) is 8.01. The van der Waals surface area contributed by atoms with Crippen LogP contribution >= 0.6 is 0 Å². The molecule has 0 spiro atoms. The molecule has 0 aliphatic heterocycles. The molecule has 108 valence electrons. The van der Waals surface area contributed by atoms with E-state index in [0.29, 0.717) is 12.2 Å². The molecule has 3 heteroatoms. The molecule has 2 nitrogen and oxygen atoms in total. The normalized spacial score (nSPS) is 9.67. The zero-order valence-corrected chi connectivity index (χ0v) is 12.0. The summed E-state index contributed by atoms with van der Waals surface area (Å²) < 4.78 is 5.02. The summed E-state index contributed by atoms with van der Waals surface area (Å²) in [5, 5.41) is 0. The van der Waals surface area contributed by atoms with Gasteiger partial charge in [0.2, 0.25) is 0 Å². The monoisotopic (exact) mass is 260 g/mol. The van der Waals surface area contributed by atoms with E-state index in [-0.39, 0.29) is 10.7 Å². The molecule has 18 heavy (non-hydrogen) atoms. The van der Waals surface area contributed by atoms with Crippen molar-refractivity contribution >= 4 is 5.97 Å². The first kappa shape index (κ1) is 19.5. The quantitative estimate of drug-likeness (QED) is 0.303. The van der Waals surface area contributed by atoms with E-state index in [1.165, 1.54) is 44.9 Å². The lowest BCUT2D eigenvalue weighted by molar-refractivity contribution is -0.139. The highest BCUT2D eigenvalue weighted by Crippen LogP contribution is 2.09. The zero-order valence-electron chi connectivity index (χ0n) is 12.0. The highest BCUT2D eigenvalue weighted by Gasteiger charge is 2.01. The lowest BCUT2D eigenvalue weighted by Gasteiger charge is -2.04. The molecule has 0 aromatic carbocycles. The fourth-order valence-corrected chi connectivity index (χ4v) is 1.70. The van der Waals surface area contributed by atoms with E-state index in [1.54, 1.807) is 6.92 Å². The molecule has 0 saturated carbocycles. The predicted molar refractivity (Wildman–Crippen MR) is 75.5 cm³/mol. The largest absolute Gasteiger partial charge is 0.462 e. The first-order chi connectivity index (χ1) is 8.18. The summed E-state index contributed by atoms with van der Waals surface area (Å²) in [5.74, 6) is -0.260. The third kappa shape index (κ3) is 13.2. The number of esters is 1. The van der Waals surface area contributed by atoms with Gasteiger partial charge in [-0.3, -0.25) is 4.70 Å². The van der Waals surface area contributed by atoms with Gasteiger partial charge in [-0.15, -0.1) is 0 Å². The fraction of sp³-hybridized carbons (Fsp3) is 0.800. The lowest BCUT2D eigenvalue weighted by Crippen LogP contribution is -2.05. The number of unbranched alkanes of at least 4 members (excludes halogenated alkanes) is 8. The molecule has 0 N–H and O–H groups in total. The van der Waals surface area contributed by atoms with Gasteiger partial charge in [-0.05, 0) is 13.3 Å². The van der Waals surface area contributed by atoms with Crippen molar-refractivity contribution in [2.75, 3.05) is 6.61 Å². The number of hydrogen-bond donors (Lipinski definition) is 0. The summed E-state index contributed by atoms with van der Waals surface area (Å²) in [7, 11) is 0. The molecule has 0 radical (unpaired) electrons. The molecule has 0 aliphatic rings. The van der Waals surface area contributed by atoms with E-state index in [2.05, 4.69) is 13.5 Å². The molecule has 0 aromatic heterocycles. The first-order valence-corrected chi connectivity index (χ1v) is 7.01. The van der Waals surface area contributed by atoms with Crippen molar-refractivity contribution < 1.29 is 14.2 Å². The van der Waals surface area contributed by atoms with Crippen LogP contribution < -0.4 is 0 Å². The summed E-state index contributed by atoms with van der Waals surface area (Å²) in [6, 6.07) is 0. The lowest BCUT2D eigenvalue weighted by atomic mass is 10.1. The maximum atomic E-state index is 11.1. The van der Waals surface area contributed by atoms with E-state index in [0.717, 1.165) is 12.8 Å². The van der Waals surface area contributed by atoms with Crippen molar-refractivity contribution in [3.63, 3.8) is 0 Å². The average molecular weight is 260 g/mol. The molecule has 0 amide bonds. The van der Waals surface area contributed by atoms with Crippen LogP contribution in [0.15, 0.2) is 12.2 Å². The molecule has 0 aliphatic carbocycles. The molecule has 0 atom stereocenters. The Morgan fingerprint density at radius 2 is 1.39 bits per heavy atom. The zero-order chi connectivity index (χ0) is 12.9. The van der Waals surface area contributed by atoms with Crippen LogP contribution in [0.25, 0.3) is 0 Å². The molecular weight excluding hydrogens is 231 g/mol. The van der Waals surface area contributed by atoms with Crippen molar-refractivity contribution in [1.82, 2.24) is 0 Å². The van der Waals surface area contributed by atoms with Gasteiger partial charge >= 0.3 is 5.97 Å². The van der Waals surface area contributed by atoms with Crippen molar-refractivity contribution in [1.29, 1.82) is 0 Å². The maximum absolute atomic E-state index is 11.1. The molecule has 0 fully saturated rings. The van der Waals surface area contributed by atoms with Gasteiger partial charge in [-0.1, -0.05) is 64.9 Å². The Morgan fingerprint density at radius 3 is 1.83 bits per heavy atom. The molecular formula is C15H29FO2. The Kier molecular flexibility index (Phi) is 15.4. The van der Waals surface area contributed by atoms with Crippen LogP contribution in [0.5, 0.6) is 0 Å². The van der Waals surface area contributed by atoms with Crippen LogP contribution in [-0.4, -0.2) is 12.6 Å². The maximum Gasteiger partial charge on any atom is 0.333 e. The van der Waals surface area contributed by atoms with Crippen molar-refractivity contribution in [3.8, 4) is 0 Å². The van der Waals surface area contributed by atoms with Crippen LogP contribution in [0.1, 0.15) is 71.6 Å². The van der Waals surface area contributed by atoms with E-state index in [4.69, 9.17) is 4.74 Å². The van der Waals surface area contributed by atoms with Crippen molar-refractivity contribution in [3.05, 3.63) is 12.2 Å². The van der Waals surface area contributed by atoms with Crippen LogP contribution in [0.4, 0.5) is 4.70 Å². The number of carbonyl (C=O) groups excluding carboxylic acids is 1. The minimum Gasteiger partial charge on any atom is -0.462 e. The smallest absolute Gasteiger partial charge is 0.333 e. The number of rotatable bonds is 11. The molecule has 0 unspecified atom stereocenters. The van der Waals surface area contributed by atoms with Gasteiger partial charge in [0.25, 0.3) is 0 Å². The average Bonchev–Trinajstić information content (AvgIpc) is 2.31. The number of halogens is 1. The Morgan fingerprint density at radius 1 is 0.944 bits per heavy atom. The van der Waals surface area contributed by atoms with Crippen molar-refractivity contribution in [2.24, 2.45) is 0 Å². The molecule has 0 rings (SSSR count).